The van der Waals surface area contributed by atoms with Crippen LogP contribution >= 0.6 is 0 Å². The number of nitrogens with one attached hydrogen (secondary N) is 1. The maximum Gasteiger partial charge on any atom is 0.409 e. The summed E-state index contributed by atoms with van der Waals surface area (Å²) < 4.78 is 15.7. The van der Waals surface area contributed by atoms with Crippen LogP contribution in [0.25, 0.3) is 0 Å². The van der Waals surface area contributed by atoms with Gasteiger partial charge in [-0.2, -0.15) is 0 Å². The first kappa shape index (κ1) is 26.1. The number of hydrogen-bond donors (Lipinski definition) is 3. The molecule has 1 aliphatic rings. The number of hydrogen-bond acceptors (Lipinski definition) is 6. The van der Waals surface area contributed by atoms with Gasteiger partial charge in [-0.1, -0.05) is 26.7 Å². The Bertz CT molecular complexity index is 479. The highest BCUT2D eigenvalue weighted by molar-refractivity contribution is 6.05. The normalized spacial score (nSPS) is 17.1. The highest BCUT2D eigenvalue weighted by atomic mass is 16.7. The number of ether oxygens (including phenoxy) is 3. The van der Waals surface area contributed by atoms with Crippen molar-refractivity contribution in [1.29, 1.82) is 0 Å². The maximum atomic E-state index is 11.8. The fourth-order valence-electron chi connectivity index (χ4n) is 2.14. The largest absolute Gasteiger partial charge is 0.479 e. The molecule has 28 heavy (non-hydrogen) atoms. The minimum Gasteiger partial charge on any atom is -0.479 e. The molecule has 1 atom stereocenters. The number of carboxylic acid groups (broad SMARTS) is 2. The van der Waals surface area contributed by atoms with Crippen molar-refractivity contribution in [2.75, 3.05) is 13.2 Å². The monoisotopic (exact) mass is 405 g/mol. The van der Waals surface area contributed by atoms with Gasteiger partial charge in [0.2, 0.25) is 5.54 Å². The molecule has 0 bridgehead atoms. The summed E-state index contributed by atoms with van der Waals surface area (Å²) in [5.41, 5.74) is -3.42. The van der Waals surface area contributed by atoms with E-state index >= 15 is 0 Å². The minimum absolute atomic E-state index is 0.195. The Morgan fingerprint density at radius 3 is 2.04 bits per heavy atom. The summed E-state index contributed by atoms with van der Waals surface area (Å²) >= 11 is 0. The second-order valence-corrected chi connectivity index (χ2v) is 7.56. The summed E-state index contributed by atoms with van der Waals surface area (Å²) in [5.74, 6) is -3.40. The van der Waals surface area contributed by atoms with E-state index in [0.29, 0.717) is 13.0 Å². The van der Waals surface area contributed by atoms with Crippen molar-refractivity contribution in [3.05, 3.63) is 0 Å². The van der Waals surface area contributed by atoms with Crippen molar-refractivity contribution in [1.82, 2.24) is 5.32 Å². The third-order valence-corrected chi connectivity index (χ3v) is 3.86. The van der Waals surface area contributed by atoms with Gasteiger partial charge in [-0.15, -0.1) is 0 Å². The highest BCUT2D eigenvalue weighted by Gasteiger charge is 2.49. The number of rotatable bonds is 8. The second kappa shape index (κ2) is 12.6. The lowest BCUT2D eigenvalue weighted by atomic mass is 9.96. The molecular formula is C19H35NO8. The van der Waals surface area contributed by atoms with Crippen LogP contribution in [-0.4, -0.2) is 58.9 Å². The number of unbranched alkanes of at least 4 members (excludes halogenated alkanes) is 1. The van der Waals surface area contributed by atoms with E-state index in [1.807, 2.05) is 5.32 Å². The summed E-state index contributed by atoms with van der Waals surface area (Å²) in [7, 11) is 0. The first-order valence-electron chi connectivity index (χ1n) is 9.69. The van der Waals surface area contributed by atoms with E-state index < -0.39 is 41.9 Å². The summed E-state index contributed by atoms with van der Waals surface area (Å²) in [6.07, 6.45) is 3.07. The van der Waals surface area contributed by atoms with Crippen LogP contribution in [0.15, 0.2) is 0 Å². The third kappa shape index (κ3) is 9.89. The molecule has 0 aliphatic carbocycles. The van der Waals surface area contributed by atoms with Crippen molar-refractivity contribution < 1.29 is 38.8 Å². The molecule has 9 nitrogen and oxygen atoms in total. The molecule has 0 saturated carbocycles. The summed E-state index contributed by atoms with van der Waals surface area (Å²) in [6, 6.07) is 0. The highest BCUT2D eigenvalue weighted by Crippen LogP contribution is 2.18. The van der Waals surface area contributed by atoms with Gasteiger partial charge in [0.25, 0.3) is 0 Å². The van der Waals surface area contributed by atoms with Crippen LogP contribution in [0.5, 0.6) is 0 Å². The molecule has 0 aromatic heterocycles. The van der Waals surface area contributed by atoms with E-state index in [0.717, 1.165) is 12.8 Å². The molecule has 3 N–H and O–H groups in total. The topological polar surface area (TPSA) is 131 Å². The molecule has 1 rings (SSSR count). The predicted molar refractivity (Wildman–Crippen MR) is 102 cm³/mol. The van der Waals surface area contributed by atoms with Crippen molar-refractivity contribution >= 4 is 18.0 Å². The minimum atomic E-state index is -2.53. The maximum absolute atomic E-state index is 11.8. The zero-order valence-corrected chi connectivity index (χ0v) is 17.6. The van der Waals surface area contributed by atoms with Gasteiger partial charge in [-0.25, -0.2) is 14.4 Å². The van der Waals surface area contributed by atoms with Crippen molar-refractivity contribution in [3.8, 4) is 0 Å². The van der Waals surface area contributed by atoms with Gasteiger partial charge in [0.1, 0.15) is 5.60 Å². The Kier molecular flexibility index (Phi) is 11.7. The van der Waals surface area contributed by atoms with Crippen molar-refractivity contribution in [2.24, 2.45) is 0 Å². The molecule has 9 heteroatoms. The summed E-state index contributed by atoms with van der Waals surface area (Å²) in [4.78, 5) is 34.8. The lowest BCUT2D eigenvalue weighted by Crippen LogP contribution is -2.61. The van der Waals surface area contributed by atoms with E-state index in [-0.39, 0.29) is 6.61 Å². The van der Waals surface area contributed by atoms with Gasteiger partial charge in [-0.3, -0.25) is 5.32 Å². The number of carbonyl (C=O) groups is 3. The standard InChI is InChI=1S/C15H25NO8.C4H10/c1-14(2,3)24-13(21)16-15(11(17)18,12(19)20)7-9-23-10-6-4-5-8-22-10;1-3-4-2/h10H,4-9H2,1-3H3,(H,16,21)(H,17,18)(H,19,20);3-4H2,1-2H3. The molecule has 0 aromatic carbocycles. The summed E-state index contributed by atoms with van der Waals surface area (Å²) in [5, 5.41) is 20.6. The van der Waals surface area contributed by atoms with E-state index in [9.17, 15) is 24.6 Å². The molecule has 164 valence electrons. The Balaban J connectivity index is 0.00000165. The number of carboxylic acids is 2. The molecule has 1 aliphatic heterocycles. The molecule has 1 unspecified atom stereocenters. The fraction of sp³-hybridized carbons (Fsp3) is 0.842. The van der Waals surface area contributed by atoms with Crippen LogP contribution in [0, 0.1) is 0 Å². The van der Waals surface area contributed by atoms with Crippen LogP contribution in [0.4, 0.5) is 4.79 Å². The number of alkyl carbamates (subject to hydrolysis) is 1. The number of aliphatic carboxylic acids is 2. The number of amides is 1. The zero-order chi connectivity index (χ0) is 21.8. The first-order valence-corrected chi connectivity index (χ1v) is 9.69. The Labute approximate surface area is 166 Å². The van der Waals surface area contributed by atoms with Crippen LogP contribution in [0.2, 0.25) is 0 Å². The SMILES string of the molecule is CC(C)(C)OC(=O)NC(CCOC1CCCCO1)(C(=O)O)C(=O)O.CCCC. The van der Waals surface area contributed by atoms with Crippen molar-refractivity contribution in [2.45, 2.75) is 90.6 Å². The molecule has 1 amide bonds. The third-order valence-electron chi connectivity index (χ3n) is 3.86. The fourth-order valence-corrected chi connectivity index (χ4v) is 2.14. The predicted octanol–water partition coefficient (Wildman–Crippen LogP) is 3.16. The smallest absolute Gasteiger partial charge is 0.409 e. The van der Waals surface area contributed by atoms with Gasteiger partial charge in [-0.05, 0) is 40.0 Å². The van der Waals surface area contributed by atoms with Crippen LogP contribution < -0.4 is 5.32 Å². The van der Waals surface area contributed by atoms with Gasteiger partial charge < -0.3 is 24.4 Å². The van der Waals surface area contributed by atoms with E-state index in [1.54, 1.807) is 20.8 Å². The van der Waals surface area contributed by atoms with Crippen LogP contribution in [0.1, 0.15) is 73.1 Å². The Morgan fingerprint density at radius 1 is 1.07 bits per heavy atom. The van der Waals surface area contributed by atoms with Crippen molar-refractivity contribution in [3.63, 3.8) is 0 Å². The van der Waals surface area contributed by atoms with E-state index in [1.165, 1.54) is 12.8 Å². The van der Waals surface area contributed by atoms with Gasteiger partial charge >= 0.3 is 18.0 Å². The van der Waals surface area contributed by atoms with Gasteiger partial charge in [0.05, 0.1) is 6.61 Å². The van der Waals surface area contributed by atoms with Gasteiger partial charge in [0, 0.05) is 13.0 Å². The van der Waals surface area contributed by atoms with Gasteiger partial charge in [0.15, 0.2) is 6.29 Å². The zero-order valence-electron chi connectivity index (χ0n) is 17.6. The first-order chi connectivity index (χ1) is 13.0. The Hall–Kier alpha value is -1.87. The quantitative estimate of drug-likeness (QED) is 0.525. The van der Waals surface area contributed by atoms with Crippen LogP contribution in [0.3, 0.4) is 0 Å². The second-order valence-electron chi connectivity index (χ2n) is 7.56. The van der Waals surface area contributed by atoms with E-state index in [4.69, 9.17) is 14.2 Å². The molecule has 1 heterocycles. The summed E-state index contributed by atoms with van der Waals surface area (Å²) in [6.45, 7) is 9.46. The lowest BCUT2D eigenvalue weighted by Gasteiger charge is -2.29. The van der Waals surface area contributed by atoms with Crippen LogP contribution in [-0.2, 0) is 23.8 Å². The average Bonchev–Trinajstić information content (AvgIpc) is 2.60. The molecule has 1 fully saturated rings. The average molecular weight is 405 g/mol. The Morgan fingerprint density at radius 2 is 1.64 bits per heavy atom. The molecule has 1 saturated heterocycles. The molecule has 0 radical (unpaired) electrons. The van der Waals surface area contributed by atoms with E-state index in [2.05, 4.69) is 13.8 Å². The number of carbonyl (C=O) groups excluding carboxylic acids is 1. The molecular weight excluding hydrogens is 370 g/mol. The molecule has 0 spiro atoms. The lowest BCUT2D eigenvalue weighted by molar-refractivity contribution is -0.173. The molecule has 0 aromatic rings.